The summed E-state index contributed by atoms with van der Waals surface area (Å²) in [7, 11) is 0. The average molecular weight is 450 g/mol. The maximum atomic E-state index is 13.2. The van der Waals surface area contributed by atoms with Crippen molar-refractivity contribution in [1.29, 1.82) is 0 Å². The fraction of sp³-hybridized carbons (Fsp3) is 0.556. The maximum Gasteiger partial charge on any atom is 0.381 e. The molecule has 0 aliphatic rings. The van der Waals surface area contributed by atoms with Crippen LogP contribution in [0.5, 0.6) is 0 Å². The van der Waals surface area contributed by atoms with Crippen LogP contribution in [0.3, 0.4) is 0 Å². The summed E-state index contributed by atoms with van der Waals surface area (Å²) in [4.78, 5) is 22.7. The second-order valence-corrected chi connectivity index (χ2v) is 6.17. The van der Waals surface area contributed by atoms with Crippen molar-refractivity contribution >= 4 is 11.9 Å². The van der Waals surface area contributed by atoms with E-state index in [0.29, 0.717) is 12.8 Å². The van der Waals surface area contributed by atoms with Crippen LogP contribution in [0.4, 0.5) is 35.1 Å². The normalized spacial score (nSPS) is 12.7. The average Bonchev–Trinajstić information content (AvgIpc) is 2.68. The smallest absolute Gasteiger partial charge is 0.381 e. The predicted octanol–water partition coefficient (Wildman–Crippen LogP) is 4.66. The van der Waals surface area contributed by atoms with Crippen molar-refractivity contribution in [3.05, 3.63) is 35.9 Å². The van der Waals surface area contributed by atoms with Crippen LogP contribution in [0.15, 0.2) is 30.3 Å². The summed E-state index contributed by atoms with van der Waals surface area (Å²) < 4.78 is 110. The zero-order chi connectivity index (χ0) is 23.0. The van der Waals surface area contributed by atoms with Crippen molar-refractivity contribution < 1.29 is 54.2 Å². The SMILES string of the molecule is O=C(CCC(=O)OCC(F)(F)C(F)(F)C(F)(F)C(F)F)OCCCc1ccccc1. The van der Waals surface area contributed by atoms with Gasteiger partial charge in [0.25, 0.3) is 0 Å². The number of alkyl halides is 8. The molecule has 0 aromatic heterocycles. The largest absolute Gasteiger partial charge is 0.466 e. The Morgan fingerprint density at radius 1 is 0.867 bits per heavy atom. The van der Waals surface area contributed by atoms with E-state index in [4.69, 9.17) is 4.74 Å². The molecule has 0 radical (unpaired) electrons. The molecule has 170 valence electrons. The predicted molar refractivity (Wildman–Crippen MR) is 86.8 cm³/mol. The van der Waals surface area contributed by atoms with Gasteiger partial charge in [-0.05, 0) is 18.4 Å². The van der Waals surface area contributed by atoms with Gasteiger partial charge in [-0.3, -0.25) is 9.59 Å². The molecule has 1 aromatic rings. The van der Waals surface area contributed by atoms with Crippen molar-refractivity contribution in [2.24, 2.45) is 0 Å². The van der Waals surface area contributed by atoms with Crippen molar-refractivity contribution in [3.8, 4) is 0 Å². The summed E-state index contributed by atoms with van der Waals surface area (Å²) in [6.07, 6.45) is -5.50. The topological polar surface area (TPSA) is 52.6 Å². The fourth-order valence-electron chi connectivity index (χ4n) is 2.10. The summed E-state index contributed by atoms with van der Waals surface area (Å²) >= 11 is 0. The Labute approximate surface area is 166 Å². The molecule has 1 rings (SSSR count). The van der Waals surface area contributed by atoms with Gasteiger partial charge in [0.15, 0.2) is 6.61 Å². The Hall–Kier alpha value is -2.40. The number of halogens is 8. The van der Waals surface area contributed by atoms with Crippen LogP contribution in [-0.4, -0.2) is 49.3 Å². The third kappa shape index (κ3) is 6.84. The highest BCUT2D eigenvalue weighted by Gasteiger charge is 2.75. The van der Waals surface area contributed by atoms with Crippen molar-refractivity contribution in [2.75, 3.05) is 13.2 Å². The van der Waals surface area contributed by atoms with E-state index in [1.807, 2.05) is 30.3 Å². The first-order chi connectivity index (χ1) is 13.8. The molecule has 0 saturated heterocycles. The molecule has 0 amide bonds. The van der Waals surface area contributed by atoms with E-state index >= 15 is 0 Å². The number of aryl methyl sites for hydroxylation is 1. The summed E-state index contributed by atoms with van der Waals surface area (Å²) in [5, 5.41) is 0. The van der Waals surface area contributed by atoms with Crippen LogP contribution in [0, 0.1) is 0 Å². The number of carbonyl (C=O) groups is 2. The van der Waals surface area contributed by atoms with E-state index < -0.39 is 55.6 Å². The summed E-state index contributed by atoms with van der Waals surface area (Å²) in [6.45, 7) is -2.57. The van der Waals surface area contributed by atoms with Gasteiger partial charge >= 0.3 is 36.1 Å². The molecule has 0 aliphatic carbocycles. The number of rotatable bonds is 12. The van der Waals surface area contributed by atoms with Gasteiger partial charge in [-0.1, -0.05) is 30.3 Å². The molecule has 0 spiro atoms. The van der Waals surface area contributed by atoms with Gasteiger partial charge in [0.1, 0.15) is 0 Å². The first-order valence-electron chi connectivity index (χ1n) is 8.58. The lowest BCUT2D eigenvalue weighted by molar-refractivity contribution is -0.344. The lowest BCUT2D eigenvalue weighted by Gasteiger charge is -2.31. The summed E-state index contributed by atoms with van der Waals surface area (Å²) in [5.41, 5.74) is 0.993. The molecule has 4 nitrogen and oxygen atoms in total. The highest BCUT2D eigenvalue weighted by molar-refractivity contribution is 5.77. The molecule has 30 heavy (non-hydrogen) atoms. The number of carbonyl (C=O) groups excluding carboxylic acids is 2. The van der Waals surface area contributed by atoms with E-state index in [9.17, 15) is 44.7 Å². The van der Waals surface area contributed by atoms with E-state index in [1.165, 1.54) is 0 Å². The Morgan fingerprint density at radius 3 is 1.93 bits per heavy atom. The fourth-order valence-corrected chi connectivity index (χ4v) is 2.10. The molecular weight excluding hydrogens is 432 g/mol. The zero-order valence-electron chi connectivity index (χ0n) is 15.4. The molecule has 1 aromatic carbocycles. The molecule has 0 fully saturated rings. The molecule has 0 unspecified atom stereocenters. The molecule has 12 heteroatoms. The third-order valence-corrected chi connectivity index (χ3v) is 3.82. The lowest BCUT2D eigenvalue weighted by atomic mass is 10.1. The summed E-state index contributed by atoms with van der Waals surface area (Å²) in [5.74, 6) is -21.1. The van der Waals surface area contributed by atoms with E-state index in [-0.39, 0.29) is 6.61 Å². The Kier molecular flexibility index (Phi) is 9.04. The standard InChI is InChI=1S/C18H18F8O4/c19-15(20)17(23,24)18(25,26)16(21,22)11-30-14(28)9-8-13(27)29-10-4-7-12-5-2-1-3-6-12/h1-3,5-6,15H,4,7-11H2. The number of esters is 2. The zero-order valence-corrected chi connectivity index (χ0v) is 15.4. The molecule has 0 N–H and O–H groups in total. The monoisotopic (exact) mass is 450 g/mol. The Bertz CT molecular complexity index is 695. The van der Waals surface area contributed by atoms with Gasteiger partial charge in [-0.25, -0.2) is 8.78 Å². The Balaban J connectivity index is 2.35. The van der Waals surface area contributed by atoms with E-state index in [1.54, 1.807) is 0 Å². The van der Waals surface area contributed by atoms with Gasteiger partial charge < -0.3 is 9.47 Å². The molecule has 0 heterocycles. The van der Waals surface area contributed by atoms with Crippen molar-refractivity contribution in [3.63, 3.8) is 0 Å². The Morgan fingerprint density at radius 2 is 1.40 bits per heavy atom. The van der Waals surface area contributed by atoms with Gasteiger partial charge in [0.2, 0.25) is 0 Å². The number of hydrogen-bond acceptors (Lipinski definition) is 4. The molecular formula is C18H18F8O4. The minimum atomic E-state index is -6.47. The second kappa shape index (κ2) is 10.6. The number of ether oxygens (including phenoxy) is 2. The van der Waals surface area contributed by atoms with Gasteiger partial charge in [0, 0.05) is 0 Å². The summed E-state index contributed by atoms with van der Waals surface area (Å²) in [6, 6.07) is 9.18. The first-order valence-corrected chi connectivity index (χ1v) is 8.58. The maximum absolute atomic E-state index is 13.2. The molecule has 0 atom stereocenters. The highest BCUT2D eigenvalue weighted by Crippen LogP contribution is 2.48. The van der Waals surface area contributed by atoms with Crippen molar-refractivity contribution in [2.45, 2.75) is 49.9 Å². The van der Waals surface area contributed by atoms with Crippen molar-refractivity contribution in [1.82, 2.24) is 0 Å². The van der Waals surface area contributed by atoms with Crippen LogP contribution in [0.1, 0.15) is 24.8 Å². The minimum absolute atomic E-state index is 0.00419. The van der Waals surface area contributed by atoms with Crippen LogP contribution in [0.2, 0.25) is 0 Å². The minimum Gasteiger partial charge on any atom is -0.466 e. The van der Waals surface area contributed by atoms with Crippen LogP contribution in [-0.2, 0) is 25.5 Å². The van der Waals surface area contributed by atoms with E-state index in [0.717, 1.165) is 5.56 Å². The lowest BCUT2D eigenvalue weighted by Crippen LogP contribution is -2.59. The molecule has 0 aliphatic heterocycles. The van der Waals surface area contributed by atoms with Gasteiger partial charge in [-0.2, -0.15) is 26.3 Å². The molecule has 0 bridgehead atoms. The first kappa shape index (κ1) is 25.6. The van der Waals surface area contributed by atoms with E-state index in [2.05, 4.69) is 4.74 Å². The van der Waals surface area contributed by atoms with Crippen LogP contribution >= 0.6 is 0 Å². The number of benzene rings is 1. The van der Waals surface area contributed by atoms with Gasteiger partial charge in [-0.15, -0.1) is 0 Å². The van der Waals surface area contributed by atoms with Crippen LogP contribution in [0.25, 0.3) is 0 Å². The highest BCUT2D eigenvalue weighted by atomic mass is 19.4. The second-order valence-electron chi connectivity index (χ2n) is 6.17. The van der Waals surface area contributed by atoms with Crippen LogP contribution < -0.4 is 0 Å². The third-order valence-electron chi connectivity index (χ3n) is 3.82. The molecule has 0 saturated carbocycles. The van der Waals surface area contributed by atoms with Gasteiger partial charge in [0.05, 0.1) is 19.4 Å². The number of hydrogen-bond donors (Lipinski definition) is 0. The quantitative estimate of drug-likeness (QED) is 0.264.